The van der Waals surface area contributed by atoms with Crippen LogP contribution in [0, 0.1) is 11.3 Å². The molecule has 0 radical (unpaired) electrons. The van der Waals surface area contributed by atoms with Crippen LogP contribution in [0.25, 0.3) is 0 Å². The third-order valence-corrected chi connectivity index (χ3v) is 4.79. The minimum atomic E-state index is -0.989. The van der Waals surface area contributed by atoms with Crippen LogP contribution >= 0.6 is 0 Å². The summed E-state index contributed by atoms with van der Waals surface area (Å²) in [4.78, 5) is 28.3. The summed E-state index contributed by atoms with van der Waals surface area (Å²) in [6.45, 7) is 8.06. The standard InChI is InChI=1S/C19H25N3O7/c1-18(2,3)29-17(26)22-11(8-23)13-14(28-19(4,5)27-13)12(22)10-6-9(7-20)15(24)21-16(10)25/h6,11-14,23H,8H2,1-5H3,(H2,21,24,25)/t11-,12+,13-,14+/m1/s1. The van der Waals surface area contributed by atoms with Crippen LogP contribution in [0.15, 0.2) is 10.9 Å². The number of hydrogen-bond acceptors (Lipinski definition) is 8. The van der Waals surface area contributed by atoms with Gasteiger partial charge >= 0.3 is 6.09 Å². The minimum absolute atomic E-state index is 0.0965. The van der Waals surface area contributed by atoms with E-state index in [1.54, 1.807) is 40.7 Å². The summed E-state index contributed by atoms with van der Waals surface area (Å²) in [6, 6.07) is 1.19. The average Bonchev–Trinajstić information content (AvgIpc) is 3.03. The number of nitrogens with one attached hydrogen (secondary N) is 1. The van der Waals surface area contributed by atoms with E-state index < -0.39 is 59.8 Å². The summed E-state index contributed by atoms with van der Waals surface area (Å²) in [5.74, 6) is -1.49. The molecular weight excluding hydrogens is 382 g/mol. The van der Waals surface area contributed by atoms with E-state index in [4.69, 9.17) is 14.2 Å². The Morgan fingerprint density at radius 2 is 2.00 bits per heavy atom. The predicted molar refractivity (Wildman–Crippen MR) is 99.0 cm³/mol. The largest absolute Gasteiger partial charge is 0.494 e. The van der Waals surface area contributed by atoms with Crippen LogP contribution in [0.2, 0.25) is 0 Å². The molecule has 0 spiro atoms. The molecule has 1 aromatic rings. The highest BCUT2D eigenvalue weighted by Crippen LogP contribution is 2.48. The molecule has 1 amide bonds. The van der Waals surface area contributed by atoms with Gasteiger partial charge in [0.15, 0.2) is 11.7 Å². The highest BCUT2D eigenvalue weighted by molar-refractivity contribution is 5.71. The van der Waals surface area contributed by atoms with Crippen molar-refractivity contribution < 1.29 is 29.2 Å². The van der Waals surface area contributed by atoms with Gasteiger partial charge in [0, 0.05) is 5.56 Å². The maximum Gasteiger partial charge on any atom is 0.411 e. The summed E-state index contributed by atoms with van der Waals surface area (Å²) in [7, 11) is 0. The van der Waals surface area contributed by atoms with Crippen LogP contribution in [-0.4, -0.2) is 62.4 Å². The number of H-pyrrole nitrogens is 1. The molecule has 3 N–H and O–H groups in total. The molecule has 2 aliphatic heterocycles. The van der Waals surface area contributed by atoms with Crippen molar-refractivity contribution in [3.8, 4) is 11.9 Å². The van der Waals surface area contributed by atoms with Gasteiger partial charge in [-0.15, -0.1) is 0 Å². The first-order valence-electron chi connectivity index (χ1n) is 9.22. The topological polar surface area (TPSA) is 145 Å². The minimum Gasteiger partial charge on any atom is -0.494 e. The summed E-state index contributed by atoms with van der Waals surface area (Å²) >= 11 is 0. The van der Waals surface area contributed by atoms with Crippen molar-refractivity contribution in [1.29, 1.82) is 5.26 Å². The number of nitriles is 1. The number of ether oxygens (including phenoxy) is 3. The van der Waals surface area contributed by atoms with Crippen molar-refractivity contribution in [2.45, 2.75) is 70.3 Å². The predicted octanol–water partition coefficient (Wildman–Crippen LogP) is 1.12. The van der Waals surface area contributed by atoms with Crippen molar-refractivity contribution in [3.63, 3.8) is 0 Å². The van der Waals surface area contributed by atoms with Crippen LogP contribution in [-0.2, 0) is 14.2 Å². The van der Waals surface area contributed by atoms with Crippen LogP contribution in [0.4, 0.5) is 4.79 Å². The van der Waals surface area contributed by atoms with Gasteiger partial charge in [0.25, 0.3) is 5.56 Å². The zero-order valence-corrected chi connectivity index (χ0v) is 16.9. The van der Waals surface area contributed by atoms with E-state index in [2.05, 4.69) is 4.98 Å². The number of nitrogens with zero attached hydrogens (tertiary/aromatic N) is 2. The van der Waals surface area contributed by atoms with E-state index in [9.17, 15) is 25.1 Å². The van der Waals surface area contributed by atoms with Crippen molar-refractivity contribution in [1.82, 2.24) is 9.88 Å². The number of aromatic hydroxyl groups is 1. The summed E-state index contributed by atoms with van der Waals surface area (Å²) in [6.07, 6.45) is -2.22. The summed E-state index contributed by atoms with van der Waals surface area (Å²) < 4.78 is 17.4. The lowest BCUT2D eigenvalue weighted by atomic mass is 10.0. The Bertz CT molecular complexity index is 912. The Morgan fingerprint density at radius 3 is 2.55 bits per heavy atom. The molecule has 1 aromatic heterocycles. The smallest absolute Gasteiger partial charge is 0.411 e. The number of carbonyl (C=O) groups is 1. The average molecular weight is 407 g/mol. The summed E-state index contributed by atoms with van der Waals surface area (Å²) in [5, 5.41) is 29.7. The van der Waals surface area contributed by atoms with Crippen molar-refractivity contribution in [3.05, 3.63) is 27.5 Å². The second kappa shape index (κ2) is 7.02. The molecule has 0 unspecified atom stereocenters. The second-order valence-electron chi connectivity index (χ2n) is 8.58. The first-order chi connectivity index (χ1) is 13.4. The van der Waals surface area contributed by atoms with Crippen LogP contribution in [0.3, 0.4) is 0 Å². The van der Waals surface area contributed by atoms with Crippen molar-refractivity contribution in [2.75, 3.05) is 6.61 Å². The maximum absolute atomic E-state index is 13.0. The number of aromatic amines is 1. The van der Waals surface area contributed by atoms with Gasteiger partial charge in [0.1, 0.15) is 29.4 Å². The van der Waals surface area contributed by atoms with E-state index in [0.29, 0.717) is 0 Å². The molecule has 0 saturated carbocycles. The van der Waals surface area contributed by atoms with Crippen LogP contribution < -0.4 is 5.56 Å². The first-order valence-corrected chi connectivity index (χ1v) is 9.22. The Kier molecular flexibility index (Phi) is 5.11. The Hall–Kier alpha value is -2.61. The molecule has 3 rings (SSSR count). The quantitative estimate of drug-likeness (QED) is 0.661. The van der Waals surface area contributed by atoms with Gasteiger partial charge < -0.3 is 24.4 Å². The highest BCUT2D eigenvalue weighted by Gasteiger charge is 2.60. The third-order valence-electron chi connectivity index (χ3n) is 4.79. The van der Waals surface area contributed by atoms with Gasteiger partial charge in [0.05, 0.1) is 18.7 Å². The molecule has 0 aliphatic carbocycles. The van der Waals surface area contributed by atoms with Gasteiger partial charge in [-0.05, 0) is 40.7 Å². The number of likely N-dealkylation sites (tertiary alicyclic amines) is 1. The Balaban J connectivity index is 2.15. The van der Waals surface area contributed by atoms with Gasteiger partial charge in [-0.1, -0.05) is 0 Å². The number of pyridine rings is 1. The number of hydrogen-bond donors (Lipinski definition) is 3. The molecule has 4 atom stereocenters. The fraction of sp³-hybridized carbons (Fsp3) is 0.632. The third kappa shape index (κ3) is 3.81. The van der Waals surface area contributed by atoms with Gasteiger partial charge in [-0.3, -0.25) is 14.7 Å². The second-order valence-corrected chi connectivity index (χ2v) is 8.58. The lowest BCUT2D eigenvalue weighted by Crippen LogP contribution is -2.47. The molecule has 10 nitrogen and oxygen atoms in total. The van der Waals surface area contributed by atoms with Gasteiger partial charge in [0.2, 0.25) is 0 Å². The van der Waals surface area contributed by atoms with Crippen molar-refractivity contribution in [2.24, 2.45) is 0 Å². The SMILES string of the molecule is CC(C)(C)OC(=O)N1[C@H](CO)[C@H]2OC(C)(C)O[C@H]2[C@@H]1c1cc(C#N)c(=O)[nH]c1O. The van der Waals surface area contributed by atoms with E-state index in [0.717, 1.165) is 0 Å². The zero-order valence-electron chi connectivity index (χ0n) is 16.9. The Labute approximate surface area is 167 Å². The molecule has 2 aliphatic rings. The number of aliphatic hydroxyl groups excluding tert-OH is 1. The molecule has 0 aromatic carbocycles. The molecule has 2 saturated heterocycles. The molecule has 2 fully saturated rings. The number of carbonyl (C=O) groups excluding carboxylic acids is 1. The number of aromatic nitrogens is 1. The number of aliphatic hydroxyl groups is 1. The van der Waals surface area contributed by atoms with Crippen molar-refractivity contribution >= 4 is 6.09 Å². The van der Waals surface area contributed by atoms with Crippen LogP contribution in [0.5, 0.6) is 5.88 Å². The number of rotatable bonds is 2. The molecule has 158 valence electrons. The van der Waals surface area contributed by atoms with E-state index >= 15 is 0 Å². The molecule has 0 bridgehead atoms. The zero-order chi connectivity index (χ0) is 21.7. The molecule has 10 heteroatoms. The normalized spacial score (nSPS) is 28.1. The fourth-order valence-corrected chi connectivity index (χ4v) is 3.81. The van der Waals surface area contributed by atoms with E-state index in [1.807, 2.05) is 0 Å². The molecular formula is C19H25N3O7. The number of fused-ring (bicyclic) bond motifs is 1. The first kappa shape index (κ1) is 21.1. The molecule has 29 heavy (non-hydrogen) atoms. The Morgan fingerprint density at radius 1 is 1.38 bits per heavy atom. The maximum atomic E-state index is 13.0. The highest BCUT2D eigenvalue weighted by atomic mass is 16.8. The lowest BCUT2D eigenvalue weighted by Gasteiger charge is -2.35. The number of amides is 1. The van der Waals surface area contributed by atoms with Crippen LogP contribution in [0.1, 0.15) is 51.8 Å². The van der Waals surface area contributed by atoms with Gasteiger partial charge in [-0.2, -0.15) is 5.26 Å². The van der Waals surface area contributed by atoms with E-state index in [1.165, 1.54) is 11.0 Å². The fourth-order valence-electron chi connectivity index (χ4n) is 3.81. The van der Waals surface area contributed by atoms with Gasteiger partial charge in [-0.25, -0.2) is 4.79 Å². The monoisotopic (exact) mass is 407 g/mol. The van der Waals surface area contributed by atoms with E-state index in [-0.39, 0.29) is 11.1 Å². The molecule has 3 heterocycles. The summed E-state index contributed by atoms with van der Waals surface area (Å²) in [5.41, 5.74) is -1.70. The lowest BCUT2D eigenvalue weighted by molar-refractivity contribution is -0.169.